The van der Waals surface area contributed by atoms with Crippen molar-refractivity contribution in [1.82, 2.24) is 9.73 Å². The van der Waals surface area contributed by atoms with Crippen LogP contribution in [0.4, 0.5) is 5.69 Å². The number of likely N-dealkylation sites (N-methyl/N-ethyl adjacent to an activating group) is 1. The van der Waals surface area contributed by atoms with Gasteiger partial charge < -0.3 is 10.1 Å². The van der Waals surface area contributed by atoms with Gasteiger partial charge >= 0.3 is 0 Å². The summed E-state index contributed by atoms with van der Waals surface area (Å²) in [5, 5.41) is 6.41. The maximum atomic E-state index is 12.6. The first-order valence-corrected chi connectivity index (χ1v) is 10.9. The molecule has 2 aromatic carbocycles. The van der Waals surface area contributed by atoms with Crippen LogP contribution in [-0.4, -0.2) is 51.5 Å². The molecule has 0 radical (unpaired) electrons. The van der Waals surface area contributed by atoms with E-state index in [-0.39, 0.29) is 10.8 Å². The lowest BCUT2D eigenvalue weighted by molar-refractivity contribution is -0.121. The van der Waals surface area contributed by atoms with E-state index in [9.17, 15) is 18.0 Å². The maximum absolute atomic E-state index is 12.6. The normalized spacial score (nSPS) is 11.5. The van der Waals surface area contributed by atoms with Crippen molar-refractivity contribution in [3.63, 3.8) is 0 Å². The second kappa shape index (κ2) is 10.3. The number of methoxy groups -OCH3 is 1. The predicted octanol–water partition coefficient (Wildman–Crippen LogP) is 2.19. The number of hydrogen-bond donors (Lipinski definition) is 2. The summed E-state index contributed by atoms with van der Waals surface area (Å²) in [5.74, 6) is -0.305. The molecule has 0 unspecified atom stereocenters. The zero-order valence-corrected chi connectivity index (χ0v) is 19.0. The molecular formula is C19H21BrN4O5S. The molecule has 0 aliphatic rings. The Hall–Kier alpha value is -2.76. The molecule has 0 aromatic heterocycles. The van der Waals surface area contributed by atoms with Gasteiger partial charge in [0.2, 0.25) is 15.9 Å². The Morgan fingerprint density at radius 1 is 1.20 bits per heavy atom. The van der Waals surface area contributed by atoms with Crippen LogP contribution in [0.3, 0.4) is 0 Å². The zero-order valence-electron chi connectivity index (χ0n) is 16.5. The first-order chi connectivity index (χ1) is 14.1. The van der Waals surface area contributed by atoms with Crippen molar-refractivity contribution in [2.75, 3.05) is 26.0 Å². The van der Waals surface area contributed by atoms with Gasteiger partial charge in [-0.05, 0) is 42.5 Å². The molecular weight excluding hydrogens is 476 g/mol. The van der Waals surface area contributed by atoms with E-state index in [1.165, 1.54) is 51.6 Å². The van der Waals surface area contributed by atoms with Gasteiger partial charge in [0.15, 0.2) is 0 Å². The van der Waals surface area contributed by atoms with Gasteiger partial charge in [-0.2, -0.15) is 9.41 Å². The monoisotopic (exact) mass is 496 g/mol. The Bertz CT molecular complexity index is 1060. The van der Waals surface area contributed by atoms with E-state index in [0.717, 1.165) is 8.78 Å². The second-order valence-electron chi connectivity index (χ2n) is 6.15. The molecule has 0 saturated heterocycles. The second-order valence-corrected chi connectivity index (χ2v) is 9.11. The number of halogens is 1. The quantitative estimate of drug-likeness (QED) is 0.429. The molecule has 2 N–H and O–H groups in total. The van der Waals surface area contributed by atoms with Crippen LogP contribution in [0.1, 0.15) is 12.5 Å². The van der Waals surface area contributed by atoms with Crippen molar-refractivity contribution in [3.8, 4) is 5.75 Å². The maximum Gasteiger partial charge on any atom is 0.255 e. The Morgan fingerprint density at radius 2 is 1.87 bits per heavy atom. The number of sulfonamides is 1. The molecule has 0 aliphatic carbocycles. The molecule has 2 amide bonds. The summed E-state index contributed by atoms with van der Waals surface area (Å²) in [6, 6.07) is 11.0. The van der Waals surface area contributed by atoms with Crippen molar-refractivity contribution < 1.29 is 22.7 Å². The summed E-state index contributed by atoms with van der Waals surface area (Å²) in [6.07, 6.45) is 1.40. The van der Waals surface area contributed by atoms with Gasteiger partial charge in [0, 0.05) is 29.7 Å². The van der Waals surface area contributed by atoms with Crippen LogP contribution in [0.2, 0.25) is 0 Å². The van der Waals surface area contributed by atoms with Gasteiger partial charge in [-0.25, -0.2) is 13.8 Å². The van der Waals surface area contributed by atoms with E-state index in [0.29, 0.717) is 17.0 Å². The minimum absolute atomic E-state index is 0.00530. The van der Waals surface area contributed by atoms with Crippen molar-refractivity contribution in [2.24, 2.45) is 5.10 Å². The van der Waals surface area contributed by atoms with Crippen LogP contribution in [0.25, 0.3) is 0 Å². The van der Waals surface area contributed by atoms with Gasteiger partial charge in [0.1, 0.15) is 5.75 Å². The molecule has 0 saturated carbocycles. The van der Waals surface area contributed by atoms with Crippen molar-refractivity contribution >= 4 is 49.7 Å². The highest BCUT2D eigenvalue weighted by molar-refractivity contribution is 9.10. The molecule has 160 valence electrons. The molecule has 0 aliphatic heterocycles. The number of nitrogens with zero attached hydrogens (tertiary/aromatic N) is 2. The third-order valence-corrected chi connectivity index (χ3v) is 6.14. The van der Waals surface area contributed by atoms with E-state index in [2.05, 4.69) is 31.8 Å². The van der Waals surface area contributed by atoms with Crippen molar-refractivity contribution in [2.45, 2.75) is 11.8 Å². The molecule has 0 atom stereocenters. The molecule has 2 rings (SSSR count). The summed E-state index contributed by atoms with van der Waals surface area (Å²) in [6.45, 7) is 0.926. The number of benzene rings is 2. The highest BCUT2D eigenvalue weighted by atomic mass is 79.9. The average molecular weight is 497 g/mol. The number of carbonyl (C=O) groups excluding carboxylic acids is 2. The van der Waals surface area contributed by atoms with E-state index in [4.69, 9.17) is 4.74 Å². The number of amides is 2. The summed E-state index contributed by atoms with van der Waals surface area (Å²) >= 11 is 3.34. The number of rotatable bonds is 8. The van der Waals surface area contributed by atoms with Gasteiger partial charge in [0.05, 0.1) is 24.8 Å². The number of hydrazone groups is 1. The molecule has 11 heteroatoms. The Balaban J connectivity index is 2.00. The molecule has 0 heterocycles. The third kappa shape index (κ3) is 6.37. The van der Waals surface area contributed by atoms with Crippen LogP contribution < -0.4 is 15.5 Å². The summed E-state index contributed by atoms with van der Waals surface area (Å²) in [7, 11) is -1.09. The van der Waals surface area contributed by atoms with E-state index < -0.39 is 22.5 Å². The average Bonchev–Trinajstić information content (AvgIpc) is 2.68. The van der Waals surface area contributed by atoms with E-state index in [1.54, 1.807) is 18.2 Å². The minimum atomic E-state index is -3.89. The fourth-order valence-corrected chi connectivity index (χ4v) is 3.90. The Kier molecular flexibility index (Phi) is 8.09. The standard InChI is InChI=1S/C19H21BrN4O5S/c1-13(25)22-16-5-7-17(8-6-16)30(27,28)24(2)12-19(26)23-21-11-14-10-15(20)4-9-18(14)29-3/h4-11H,12H2,1-3H3,(H,22,25)(H,23,26)/b21-11-. The number of ether oxygens (including phenoxy) is 1. The minimum Gasteiger partial charge on any atom is -0.496 e. The summed E-state index contributed by atoms with van der Waals surface area (Å²) < 4.78 is 32.2. The molecule has 0 bridgehead atoms. The van der Waals surface area contributed by atoms with E-state index >= 15 is 0 Å². The van der Waals surface area contributed by atoms with Gasteiger partial charge in [-0.1, -0.05) is 15.9 Å². The zero-order chi connectivity index (χ0) is 22.3. The van der Waals surface area contributed by atoms with Gasteiger partial charge in [-0.15, -0.1) is 0 Å². The molecule has 2 aromatic rings. The van der Waals surface area contributed by atoms with Crippen molar-refractivity contribution in [3.05, 3.63) is 52.5 Å². The van der Waals surface area contributed by atoms with Crippen molar-refractivity contribution in [1.29, 1.82) is 0 Å². The van der Waals surface area contributed by atoms with Gasteiger partial charge in [0.25, 0.3) is 5.91 Å². The first-order valence-electron chi connectivity index (χ1n) is 8.63. The summed E-state index contributed by atoms with van der Waals surface area (Å²) in [5.41, 5.74) is 3.40. The molecule has 0 spiro atoms. The topological polar surface area (TPSA) is 117 Å². The number of nitrogens with one attached hydrogen (secondary N) is 2. The first kappa shape index (κ1) is 23.5. The third-order valence-electron chi connectivity index (χ3n) is 3.83. The Morgan fingerprint density at radius 3 is 2.47 bits per heavy atom. The van der Waals surface area contributed by atoms with E-state index in [1.807, 2.05) is 0 Å². The highest BCUT2D eigenvalue weighted by Crippen LogP contribution is 2.21. The number of anilines is 1. The fourth-order valence-electron chi connectivity index (χ4n) is 2.40. The molecule has 30 heavy (non-hydrogen) atoms. The molecule has 0 fully saturated rings. The Labute approximate surface area is 183 Å². The lowest BCUT2D eigenvalue weighted by Gasteiger charge is -2.16. The number of hydrogen-bond acceptors (Lipinski definition) is 6. The number of carbonyl (C=O) groups is 2. The van der Waals surface area contributed by atoms with Gasteiger partial charge in [-0.3, -0.25) is 9.59 Å². The van der Waals surface area contributed by atoms with Crippen LogP contribution in [0, 0.1) is 0 Å². The lowest BCUT2D eigenvalue weighted by Crippen LogP contribution is -2.36. The van der Waals surface area contributed by atoms with Crippen LogP contribution in [0.5, 0.6) is 5.75 Å². The largest absolute Gasteiger partial charge is 0.496 e. The lowest BCUT2D eigenvalue weighted by atomic mass is 10.2. The predicted molar refractivity (Wildman–Crippen MR) is 117 cm³/mol. The highest BCUT2D eigenvalue weighted by Gasteiger charge is 2.22. The van der Waals surface area contributed by atoms with Crippen LogP contribution in [0.15, 0.2) is 56.9 Å². The van der Waals surface area contributed by atoms with Crippen LogP contribution >= 0.6 is 15.9 Å². The fraction of sp³-hybridized carbons (Fsp3) is 0.211. The SMILES string of the molecule is COc1ccc(Br)cc1/C=N\NC(=O)CN(C)S(=O)(=O)c1ccc(NC(C)=O)cc1. The van der Waals surface area contributed by atoms with Crippen LogP contribution in [-0.2, 0) is 19.6 Å². The summed E-state index contributed by atoms with van der Waals surface area (Å²) in [4.78, 5) is 23.1. The smallest absolute Gasteiger partial charge is 0.255 e. The molecule has 9 nitrogen and oxygen atoms in total.